The van der Waals surface area contributed by atoms with Gasteiger partial charge < -0.3 is 14.6 Å². The molecule has 3 rings (SSSR count). The first-order chi connectivity index (χ1) is 10.2. The molecule has 0 aliphatic carbocycles. The first-order valence-electron chi connectivity index (χ1n) is 6.84. The Morgan fingerprint density at radius 3 is 2.71 bits per heavy atom. The zero-order chi connectivity index (χ0) is 14.7. The molecule has 0 radical (unpaired) electrons. The van der Waals surface area contributed by atoms with Gasteiger partial charge in [-0.05, 0) is 43.7 Å². The van der Waals surface area contributed by atoms with Gasteiger partial charge in [0.1, 0.15) is 5.75 Å². The first kappa shape index (κ1) is 13.9. The lowest BCUT2D eigenvalue weighted by Crippen LogP contribution is -2.27. The standard InChI is InChI=1S/C14H15F2N3O2/c15-14(16)20-10-6-4-9(5-7-10)13-18-12(19-21-13)11-3-1-2-8-17-11/h4-7,11,14,17H,1-3,8H2. The van der Waals surface area contributed by atoms with Crippen molar-refractivity contribution in [3.05, 3.63) is 30.1 Å². The largest absolute Gasteiger partial charge is 0.435 e. The molecule has 7 heteroatoms. The van der Waals surface area contributed by atoms with Crippen molar-refractivity contribution in [2.45, 2.75) is 31.9 Å². The van der Waals surface area contributed by atoms with Gasteiger partial charge in [0, 0.05) is 5.56 Å². The van der Waals surface area contributed by atoms with Gasteiger partial charge in [-0.25, -0.2) is 0 Å². The van der Waals surface area contributed by atoms with Crippen LogP contribution in [-0.2, 0) is 0 Å². The topological polar surface area (TPSA) is 60.2 Å². The fourth-order valence-corrected chi connectivity index (χ4v) is 2.34. The lowest BCUT2D eigenvalue weighted by atomic mass is 10.0. The van der Waals surface area contributed by atoms with Crippen molar-refractivity contribution >= 4 is 0 Å². The summed E-state index contributed by atoms with van der Waals surface area (Å²) in [5.41, 5.74) is 0.672. The van der Waals surface area contributed by atoms with E-state index in [2.05, 4.69) is 20.2 Å². The molecule has 1 aliphatic rings. The quantitative estimate of drug-likeness (QED) is 0.939. The molecule has 1 saturated heterocycles. The molecule has 1 aromatic heterocycles. The van der Waals surface area contributed by atoms with Crippen LogP contribution < -0.4 is 10.1 Å². The van der Waals surface area contributed by atoms with Crippen LogP contribution in [0.25, 0.3) is 11.5 Å². The summed E-state index contributed by atoms with van der Waals surface area (Å²) < 4.78 is 33.7. The Kier molecular flexibility index (Phi) is 4.10. The number of rotatable bonds is 4. The van der Waals surface area contributed by atoms with Crippen molar-refractivity contribution in [2.24, 2.45) is 0 Å². The van der Waals surface area contributed by atoms with Crippen LogP contribution >= 0.6 is 0 Å². The average Bonchev–Trinajstić information content (AvgIpc) is 2.98. The maximum absolute atomic E-state index is 12.1. The molecule has 0 saturated carbocycles. The number of ether oxygens (including phenoxy) is 1. The van der Waals surface area contributed by atoms with Gasteiger partial charge in [0.05, 0.1) is 6.04 Å². The van der Waals surface area contributed by atoms with Crippen molar-refractivity contribution in [1.82, 2.24) is 15.5 Å². The van der Waals surface area contributed by atoms with E-state index in [1.54, 1.807) is 12.1 Å². The Labute approximate surface area is 120 Å². The first-order valence-corrected chi connectivity index (χ1v) is 6.84. The molecule has 1 atom stereocenters. The number of nitrogens with one attached hydrogen (secondary N) is 1. The highest BCUT2D eigenvalue weighted by Crippen LogP contribution is 2.25. The number of hydrogen-bond acceptors (Lipinski definition) is 5. The van der Waals surface area contributed by atoms with Crippen LogP contribution in [0.1, 0.15) is 31.1 Å². The number of piperidine rings is 1. The number of halogens is 2. The van der Waals surface area contributed by atoms with Gasteiger partial charge in [-0.1, -0.05) is 11.6 Å². The summed E-state index contributed by atoms with van der Waals surface area (Å²) in [7, 11) is 0. The van der Waals surface area contributed by atoms with Gasteiger partial charge >= 0.3 is 6.61 Å². The number of aromatic nitrogens is 2. The van der Waals surface area contributed by atoms with Crippen LogP contribution in [0.3, 0.4) is 0 Å². The third-order valence-corrected chi connectivity index (χ3v) is 3.39. The van der Waals surface area contributed by atoms with Crippen LogP contribution in [0.4, 0.5) is 8.78 Å². The molecule has 1 N–H and O–H groups in total. The fourth-order valence-electron chi connectivity index (χ4n) is 2.34. The monoisotopic (exact) mass is 295 g/mol. The van der Waals surface area contributed by atoms with Gasteiger partial charge in [-0.15, -0.1) is 0 Å². The highest BCUT2D eigenvalue weighted by molar-refractivity contribution is 5.54. The molecule has 1 aromatic carbocycles. The summed E-state index contributed by atoms with van der Waals surface area (Å²) in [6.45, 7) is -1.88. The number of hydrogen-bond donors (Lipinski definition) is 1. The van der Waals surface area contributed by atoms with Crippen LogP contribution in [0, 0.1) is 0 Å². The summed E-state index contributed by atoms with van der Waals surface area (Å²) in [6.07, 6.45) is 3.29. The highest BCUT2D eigenvalue weighted by atomic mass is 19.3. The molecule has 1 aliphatic heterocycles. The predicted octanol–water partition coefficient (Wildman–Crippen LogP) is 3.15. The van der Waals surface area contributed by atoms with Crippen LogP contribution in [-0.4, -0.2) is 23.3 Å². The third kappa shape index (κ3) is 3.36. The summed E-state index contributed by atoms with van der Waals surface area (Å²) >= 11 is 0. The molecule has 0 amide bonds. The minimum atomic E-state index is -2.83. The molecule has 0 spiro atoms. The van der Waals surface area contributed by atoms with E-state index < -0.39 is 6.61 Å². The van der Waals surface area contributed by atoms with Gasteiger partial charge in [-0.3, -0.25) is 0 Å². The van der Waals surface area contributed by atoms with E-state index in [-0.39, 0.29) is 11.8 Å². The lowest BCUT2D eigenvalue weighted by Gasteiger charge is -2.19. The average molecular weight is 295 g/mol. The van der Waals surface area contributed by atoms with E-state index in [1.807, 2.05) is 0 Å². The number of nitrogens with zero attached hydrogens (tertiary/aromatic N) is 2. The van der Waals surface area contributed by atoms with E-state index in [0.717, 1.165) is 25.8 Å². The Bertz CT molecular complexity index is 580. The van der Waals surface area contributed by atoms with E-state index in [0.29, 0.717) is 17.3 Å². The fraction of sp³-hybridized carbons (Fsp3) is 0.429. The molecule has 2 aromatic rings. The van der Waals surface area contributed by atoms with Gasteiger partial charge in [-0.2, -0.15) is 13.8 Å². The molecule has 112 valence electrons. The highest BCUT2D eigenvalue weighted by Gasteiger charge is 2.20. The normalized spacial score (nSPS) is 18.9. The second kappa shape index (κ2) is 6.17. The van der Waals surface area contributed by atoms with Gasteiger partial charge in [0.2, 0.25) is 0 Å². The maximum Gasteiger partial charge on any atom is 0.387 e. The third-order valence-electron chi connectivity index (χ3n) is 3.39. The lowest BCUT2D eigenvalue weighted by molar-refractivity contribution is -0.0498. The Balaban J connectivity index is 1.73. The van der Waals surface area contributed by atoms with Crippen molar-refractivity contribution in [3.8, 4) is 17.2 Å². The summed E-state index contributed by atoms with van der Waals surface area (Å²) in [5.74, 6) is 1.11. The minimum Gasteiger partial charge on any atom is -0.435 e. The predicted molar refractivity (Wildman–Crippen MR) is 71.0 cm³/mol. The van der Waals surface area contributed by atoms with Crippen LogP contribution in [0.5, 0.6) is 5.75 Å². The molecule has 0 bridgehead atoms. The van der Waals surface area contributed by atoms with Crippen LogP contribution in [0.2, 0.25) is 0 Å². The Morgan fingerprint density at radius 1 is 1.24 bits per heavy atom. The Hall–Kier alpha value is -2.02. The number of benzene rings is 1. The second-order valence-corrected chi connectivity index (χ2v) is 4.86. The van der Waals surface area contributed by atoms with Crippen molar-refractivity contribution in [3.63, 3.8) is 0 Å². The minimum absolute atomic E-state index is 0.0995. The van der Waals surface area contributed by atoms with Gasteiger partial charge in [0.15, 0.2) is 5.82 Å². The van der Waals surface area contributed by atoms with E-state index >= 15 is 0 Å². The summed E-state index contributed by atoms with van der Waals surface area (Å²) in [5, 5.41) is 7.33. The number of alkyl halides is 2. The molecule has 2 heterocycles. The smallest absolute Gasteiger partial charge is 0.387 e. The van der Waals surface area contributed by atoms with E-state index in [9.17, 15) is 8.78 Å². The van der Waals surface area contributed by atoms with Crippen molar-refractivity contribution in [1.29, 1.82) is 0 Å². The SMILES string of the molecule is FC(F)Oc1ccc(-c2nc(C3CCCCN3)no2)cc1. The summed E-state index contributed by atoms with van der Waals surface area (Å²) in [4.78, 5) is 4.37. The Morgan fingerprint density at radius 2 is 2.05 bits per heavy atom. The van der Waals surface area contributed by atoms with Crippen molar-refractivity contribution in [2.75, 3.05) is 6.54 Å². The molecule has 1 fully saturated rings. The van der Waals surface area contributed by atoms with E-state index in [1.165, 1.54) is 12.1 Å². The molecule has 21 heavy (non-hydrogen) atoms. The maximum atomic E-state index is 12.1. The zero-order valence-corrected chi connectivity index (χ0v) is 11.3. The second-order valence-electron chi connectivity index (χ2n) is 4.86. The van der Waals surface area contributed by atoms with Crippen LogP contribution in [0.15, 0.2) is 28.8 Å². The summed E-state index contributed by atoms with van der Waals surface area (Å²) in [6, 6.07) is 6.25. The van der Waals surface area contributed by atoms with E-state index in [4.69, 9.17) is 4.52 Å². The molecule has 5 nitrogen and oxygen atoms in total. The molecular formula is C14H15F2N3O2. The molecular weight excluding hydrogens is 280 g/mol. The van der Waals surface area contributed by atoms with Gasteiger partial charge in [0.25, 0.3) is 5.89 Å². The zero-order valence-electron chi connectivity index (χ0n) is 11.3. The van der Waals surface area contributed by atoms with Crippen molar-refractivity contribution < 1.29 is 18.0 Å². The molecule has 1 unspecified atom stereocenters.